The van der Waals surface area contributed by atoms with Crippen molar-refractivity contribution < 1.29 is 15.0 Å². The number of hydrazine groups is 1. The minimum atomic E-state index is -1.51. The minimum absolute atomic E-state index is 0.311. The zero-order valence-corrected chi connectivity index (χ0v) is 7.69. The van der Waals surface area contributed by atoms with Crippen LogP contribution in [0.5, 0.6) is 0 Å². The van der Waals surface area contributed by atoms with E-state index >= 15 is 0 Å². The van der Waals surface area contributed by atoms with Crippen LogP contribution >= 0.6 is 0 Å². The van der Waals surface area contributed by atoms with Crippen molar-refractivity contribution >= 4 is 11.7 Å². The fourth-order valence-electron chi connectivity index (χ4n) is 1.20. The van der Waals surface area contributed by atoms with E-state index in [0.717, 1.165) is 5.56 Å². The molecule has 0 spiro atoms. The Hall–Kier alpha value is -1.59. The van der Waals surface area contributed by atoms with Crippen molar-refractivity contribution in [2.45, 2.75) is 13.0 Å². The summed E-state index contributed by atoms with van der Waals surface area (Å²) in [5, 5.41) is 17.9. The molecule has 0 fully saturated rings. The van der Waals surface area contributed by atoms with Gasteiger partial charge in [0.25, 0.3) is 0 Å². The second kappa shape index (κ2) is 4.08. The number of hydrogen-bond acceptors (Lipinski definition) is 4. The number of aliphatic carboxylic acids is 1. The number of benzene rings is 1. The van der Waals surface area contributed by atoms with Gasteiger partial charge >= 0.3 is 5.97 Å². The number of carboxylic acid groups (broad SMARTS) is 1. The third-order valence-corrected chi connectivity index (χ3v) is 1.82. The first-order chi connectivity index (χ1) is 6.54. The summed E-state index contributed by atoms with van der Waals surface area (Å²) in [6, 6.07) is 4.84. The third-order valence-electron chi connectivity index (χ3n) is 1.82. The molecule has 0 radical (unpaired) electrons. The van der Waals surface area contributed by atoms with Gasteiger partial charge in [0, 0.05) is 5.69 Å². The molecular weight excluding hydrogens is 184 g/mol. The lowest BCUT2D eigenvalue weighted by Gasteiger charge is -2.09. The van der Waals surface area contributed by atoms with E-state index in [-0.39, 0.29) is 0 Å². The van der Waals surface area contributed by atoms with E-state index in [0.29, 0.717) is 11.3 Å². The van der Waals surface area contributed by atoms with Crippen molar-refractivity contribution in [3.63, 3.8) is 0 Å². The number of rotatable bonds is 3. The number of anilines is 1. The Morgan fingerprint density at radius 3 is 2.64 bits per heavy atom. The summed E-state index contributed by atoms with van der Waals surface area (Å²) < 4.78 is 0. The largest absolute Gasteiger partial charge is 0.479 e. The molecule has 1 aromatic rings. The van der Waals surface area contributed by atoms with Crippen LogP contribution in [0.4, 0.5) is 5.69 Å². The molecule has 1 aromatic carbocycles. The molecule has 0 heterocycles. The number of carboxylic acids is 1. The highest BCUT2D eigenvalue weighted by Crippen LogP contribution is 2.19. The van der Waals surface area contributed by atoms with Crippen molar-refractivity contribution in [3.05, 3.63) is 29.3 Å². The second-order valence-electron chi connectivity index (χ2n) is 3.02. The van der Waals surface area contributed by atoms with Crippen molar-refractivity contribution in [3.8, 4) is 0 Å². The van der Waals surface area contributed by atoms with E-state index in [1.54, 1.807) is 19.1 Å². The average molecular weight is 196 g/mol. The predicted molar refractivity (Wildman–Crippen MR) is 51.6 cm³/mol. The van der Waals surface area contributed by atoms with Gasteiger partial charge in [-0.1, -0.05) is 6.07 Å². The number of aliphatic hydroxyl groups excluding tert-OH is 1. The van der Waals surface area contributed by atoms with Gasteiger partial charge in [0.2, 0.25) is 0 Å². The van der Waals surface area contributed by atoms with Crippen LogP contribution in [-0.4, -0.2) is 16.2 Å². The first kappa shape index (κ1) is 10.5. The normalized spacial score (nSPS) is 12.2. The van der Waals surface area contributed by atoms with Gasteiger partial charge in [-0.25, -0.2) is 4.79 Å². The summed E-state index contributed by atoms with van der Waals surface area (Å²) in [5.74, 6) is 3.91. The summed E-state index contributed by atoms with van der Waals surface area (Å²) in [5.41, 5.74) is 4.11. The van der Waals surface area contributed by atoms with Crippen LogP contribution < -0.4 is 11.3 Å². The number of carbonyl (C=O) groups is 1. The van der Waals surface area contributed by atoms with Crippen LogP contribution in [0.15, 0.2) is 18.2 Å². The van der Waals surface area contributed by atoms with Gasteiger partial charge in [-0.05, 0) is 30.2 Å². The summed E-state index contributed by atoms with van der Waals surface area (Å²) in [7, 11) is 0. The average Bonchev–Trinajstić information content (AvgIpc) is 2.15. The van der Waals surface area contributed by atoms with Gasteiger partial charge in [-0.15, -0.1) is 0 Å². The Morgan fingerprint density at radius 1 is 1.50 bits per heavy atom. The van der Waals surface area contributed by atoms with Gasteiger partial charge in [0.05, 0.1) is 0 Å². The molecule has 0 aliphatic carbocycles. The number of aliphatic hydroxyl groups is 1. The molecule has 1 atom stereocenters. The molecule has 0 amide bonds. The highest BCUT2D eigenvalue weighted by atomic mass is 16.4. The van der Waals surface area contributed by atoms with Gasteiger partial charge in [-0.2, -0.15) is 0 Å². The molecule has 0 aliphatic rings. The van der Waals surface area contributed by atoms with Gasteiger partial charge in [0.1, 0.15) is 0 Å². The first-order valence-corrected chi connectivity index (χ1v) is 4.03. The molecule has 0 aliphatic heterocycles. The van der Waals surface area contributed by atoms with Crippen LogP contribution in [-0.2, 0) is 4.79 Å². The zero-order valence-electron chi connectivity index (χ0n) is 7.69. The Morgan fingerprint density at radius 2 is 2.14 bits per heavy atom. The smallest absolute Gasteiger partial charge is 0.337 e. The predicted octanol–water partition coefficient (Wildman–Crippen LogP) is 0.399. The van der Waals surface area contributed by atoms with E-state index in [9.17, 15) is 9.90 Å². The third kappa shape index (κ3) is 2.21. The van der Waals surface area contributed by atoms with E-state index < -0.39 is 12.1 Å². The Bertz CT molecular complexity index is 352. The fraction of sp³-hybridized carbons (Fsp3) is 0.222. The lowest BCUT2D eigenvalue weighted by molar-refractivity contribution is -0.146. The topological polar surface area (TPSA) is 95.6 Å². The molecule has 14 heavy (non-hydrogen) atoms. The molecule has 0 saturated heterocycles. The van der Waals surface area contributed by atoms with Crippen LogP contribution in [0.25, 0.3) is 0 Å². The number of nitrogen functional groups attached to an aromatic ring is 1. The first-order valence-electron chi connectivity index (χ1n) is 4.03. The molecule has 0 aromatic heterocycles. The number of aryl methyl sites for hydroxylation is 1. The maximum absolute atomic E-state index is 10.5. The lowest BCUT2D eigenvalue weighted by Crippen LogP contribution is -2.12. The molecule has 0 saturated carbocycles. The van der Waals surface area contributed by atoms with E-state index in [4.69, 9.17) is 10.9 Å². The lowest BCUT2D eigenvalue weighted by atomic mass is 10.1. The fourth-order valence-corrected chi connectivity index (χ4v) is 1.20. The number of nitrogens with one attached hydrogen (secondary N) is 1. The van der Waals surface area contributed by atoms with Crippen LogP contribution in [0, 0.1) is 6.92 Å². The van der Waals surface area contributed by atoms with Crippen LogP contribution in [0.1, 0.15) is 17.2 Å². The maximum Gasteiger partial charge on any atom is 0.337 e. The van der Waals surface area contributed by atoms with Crippen molar-refractivity contribution in [2.75, 3.05) is 5.43 Å². The summed E-state index contributed by atoms with van der Waals surface area (Å²) >= 11 is 0. The van der Waals surface area contributed by atoms with E-state index in [2.05, 4.69) is 5.43 Å². The monoisotopic (exact) mass is 196 g/mol. The molecule has 1 unspecified atom stereocenters. The zero-order chi connectivity index (χ0) is 10.7. The van der Waals surface area contributed by atoms with Crippen molar-refractivity contribution in [2.24, 2.45) is 5.84 Å². The standard InChI is InChI=1S/C9H12N2O3/c1-5-2-6(8(12)9(13)14)4-7(3-5)11-10/h2-4,8,11-12H,10H2,1H3,(H,13,14). The Labute approximate surface area is 81.1 Å². The van der Waals surface area contributed by atoms with Crippen molar-refractivity contribution in [1.82, 2.24) is 0 Å². The quantitative estimate of drug-likeness (QED) is 0.414. The molecule has 1 rings (SSSR count). The minimum Gasteiger partial charge on any atom is -0.479 e. The number of hydrogen-bond donors (Lipinski definition) is 4. The molecule has 0 bridgehead atoms. The van der Waals surface area contributed by atoms with Gasteiger partial charge in [-0.3, -0.25) is 5.84 Å². The summed E-state index contributed by atoms with van der Waals surface area (Å²) in [6.45, 7) is 1.79. The van der Waals surface area contributed by atoms with E-state index in [1.807, 2.05) is 0 Å². The molecule has 76 valence electrons. The maximum atomic E-state index is 10.5. The Kier molecular flexibility index (Phi) is 3.06. The molecule has 5 N–H and O–H groups in total. The summed E-state index contributed by atoms with van der Waals surface area (Å²) in [6.07, 6.45) is -1.51. The second-order valence-corrected chi connectivity index (χ2v) is 3.02. The summed E-state index contributed by atoms with van der Waals surface area (Å²) in [4.78, 5) is 10.5. The molecule has 5 heteroatoms. The van der Waals surface area contributed by atoms with Crippen LogP contribution in [0.2, 0.25) is 0 Å². The molecule has 5 nitrogen and oxygen atoms in total. The van der Waals surface area contributed by atoms with Gasteiger partial charge in [0.15, 0.2) is 6.10 Å². The number of nitrogens with two attached hydrogens (primary N) is 1. The van der Waals surface area contributed by atoms with Crippen LogP contribution in [0.3, 0.4) is 0 Å². The molecular formula is C9H12N2O3. The highest BCUT2D eigenvalue weighted by Gasteiger charge is 2.16. The highest BCUT2D eigenvalue weighted by molar-refractivity contribution is 5.74. The van der Waals surface area contributed by atoms with Gasteiger partial charge < -0.3 is 15.6 Å². The SMILES string of the molecule is Cc1cc(NN)cc(C(O)C(=O)O)c1. The van der Waals surface area contributed by atoms with Crippen molar-refractivity contribution in [1.29, 1.82) is 0 Å². The van der Waals surface area contributed by atoms with E-state index in [1.165, 1.54) is 6.07 Å². The Balaban J connectivity index is 3.08.